The number of Topliss-reactive ketones (excluding diaryl/α,β-unsaturated/α-hetero) is 1. The van der Waals surface area contributed by atoms with Crippen molar-refractivity contribution in [2.45, 2.75) is 114 Å². The second-order valence-corrected chi connectivity index (χ2v) is 14.3. The predicted molar refractivity (Wildman–Crippen MR) is 152 cm³/mol. The van der Waals surface area contributed by atoms with Crippen LogP contribution < -0.4 is 5.32 Å². The average Bonchev–Trinajstić information content (AvgIpc) is 2.85. The molecule has 0 unspecified atom stereocenters. The highest BCUT2D eigenvalue weighted by molar-refractivity contribution is 6.02. The Hall–Kier alpha value is -2.22. The fourth-order valence-electron chi connectivity index (χ4n) is 7.68. The molecule has 0 heterocycles. The van der Waals surface area contributed by atoms with Gasteiger partial charge in [0, 0.05) is 29.7 Å². The summed E-state index contributed by atoms with van der Waals surface area (Å²) in [5.41, 5.74) is -0.102. The SMILES string of the molecule is CCNC(=O)[C@@](C)(CCC(C)(C)CC)CC[C@]1(C)CC(=O)C=C2[C@@]3(C)C=C(C#N)C(=O)[C@@H](C)[C@@H]3CC[C@]21C. The molecule has 0 aliphatic heterocycles. The van der Waals surface area contributed by atoms with Crippen molar-refractivity contribution < 1.29 is 14.4 Å². The van der Waals surface area contributed by atoms with E-state index >= 15 is 0 Å². The Morgan fingerprint density at radius 1 is 1.13 bits per heavy atom. The summed E-state index contributed by atoms with van der Waals surface area (Å²) in [6.07, 6.45) is 10.3. The van der Waals surface area contributed by atoms with E-state index in [4.69, 9.17) is 0 Å². The van der Waals surface area contributed by atoms with Gasteiger partial charge in [-0.3, -0.25) is 14.4 Å². The van der Waals surface area contributed by atoms with Crippen molar-refractivity contribution >= 4 is 17.5 Å². The number of nitrogens with one attached hydrogen (secondary N) is 1. The van der Waals surface area contributed by atoms with Gasteiger partial charge in [0.1, 0.15) is 6.07 Å². The number of rotatable bonds is 9. The summed E-state index contributed by atoms with van der Waals surface area (Å²) in [5, 5.41) is 12.8. The van der Waals surface area contributed by atoms with E-state index in [1.54, 1.807) is 0 Å². The zero-order valence-corrected chi connectivity index (χ0v) is 25.3. The number of fused-ring (bicyclic) bond motifs is 3. The maximum absolute atomic E-state index is 13.4. The lowest BCUT2D eigenvalue weighted by molar-refractivity contribution is -0.132. The van der Waals surface area contributed by atoms with Crippen LogP contribution in [0, 0.1) is 50.2 Å². The minimum Gasteiger partial charge on any atom is -0.356 e. The van der Waals surface area contributed by atoms with Crippen LogP contribution in [0.3, 0.4) is 0 Å². The Bertz CT molecular complexity index is 1090. The molecule has 3 rings (SSSR count). The number of carbonyl (C=O) groups excluding carboxylic acids is 3. The molecule has 3 aliphatic rings. The van der Waals surface area contributed by atoms with E-state index in [0.29, 0.717) is 13.0 Å². The molecule has 5 heteroatoms. The van der Waals surface area contributed by atoms with Crippen LogP contribution >= 0.6 is 0 Å². The van der Waals surface area contributed by atoms with E-state index < -0.39 is 10.8 Å². The Balaban J connectivity index is 1.99. The first kappa shape index (κ1) is 30.3. The molecule has 0 bridgehead atoms. The lowest BCUT2D eigenvalue weighted by atomic mass is 9.42. The number of amides is 1. The van der Waals surface area contributed by atoms with E-state index in [1.807, 2.05) is 26.0 Å². The standard InChI is InChI=1S/C33H50N2O3/c1-10-29(4,5)14-15-30(6,28(38)35-11-2)16-17-31(7)20-24(36)18-26-32(8)19-23(21-34)27(37)22(3)25(32)12-13-33(26,31)9/h18-19,22,25H,10-17,20H2,1-9H3,(H,35,38)/t22-,25-,30-,31+,32-,33+/m0/s1. The molecule has 0 aromatic heterocycles. The van der Waals surface area contributed by atoms with Gasteiger partial charge in [0.15, 0.2) is 11.6 Å². The molecule has 5 nitrogen and oxygen atoms in total. The molecule has 0 aromatic rings. The average molecular weight is 523 g/mol. The van der Waals surface area contributed by atoms with Gasteiger partial charge in [0.05, 0.1) is 5.57 Å². The maximum Gasteiger partial charge on any atom is 0.225 e. The van der Waals surface area contributed by atoms with Crippen molar-refractivity contribution in [3.63, 3.8) is 0 Å². The summed E-state index contributed by atoms with van der Waals surface area (Å²) in [6.45, 7) is 20.0. The zero-order chi connectivity index (χ0) is 28.7. The van der Waals surface area contributed by atoms with Crippen LogP contribution in [0.2, 0.25) is 0 Å². The number of carbonyl (C=O) groups is 3. The Labute approximate surface area is 230 Å². The highest BCUT2D eigenvalue weighted by Crippen LogP contribution is 2.67. The van der Waals surface area contributed by atoms with Gasteiger partial charge in [-0.15, -0.1) is 0 Å². The lowest BCUT2D eigenvalue weighted by Gasteiger charge is -2.61. The molecule has 1 N–H and O–H groups in total. The van der Waals surface area contributed by atoms with Crippen LogP contribution in [0.5, 0.6) is 0 Å². The topological polar surface area (TPSA) is 87.0 Å². The summed E-state index contributed by atoms with van der Waals surface area (Å²) in [5.74, 6) is -0.00727. The molecule has 6 atom stereocenters. The van der Waals surface area contributed by atoms with Gasteiger partial charge in [-0.2, -0.15) is 5.26 Å². The molecule has 38 heavy (non-hydrogen) atoms. The highest BCUT2D eigenvalue weighted by atomic mass is 16.2. The number of ketones is 2. The van der Waals surface area contributed by atoms with E-state index in [1.165, 1.54) is 0 Å². The van der Waals surface area contributed by atoms with Crippen molar-refractivity contribution in [3.8, 4) is 6.07 Å². The molecule has 1 fully saturated rings. The minimum absolute atomic E-state index is 0.0724. The third-order valence-electron chi connectivity index (χ3n) is 11.4. The second kappa shape index (κ2) is 10.4. The molecule has 210 valence electrons. The van der Waals surface area contributed by atoms with Crippen LogP contribution in [0.1, 0.15) is 114 Å². The van der Waals surface area contributed by atoms with Gasteiger partial charge in [-0.1, -0.05) is 73.5 Å². The summed E-state index contributed by atoms with van der Waals surface area (Å²) >= 11 is 0. The van der Waals surface area contributed by atoms with Gasteiger partial charge in [0.25, 0.3) is 0 Å². The smallest absolute Gasteiger partial charge is 0.225 e. The van der Waals surface area contributed by atoms with Gasteiger partial charge in [-0.25, -0.2) is 0 Å². The molecule has 0 saturated heterocycles. The quantitative estimate of drug-likeness (QED) is 0.349. The minimum atomic E-state index is -0.507. The molecule has 0 radical (unpaired) electrons. The predicted octanol–water partition coefficient (Wildman–Crippen LogP) is 7.12. The number of hydrogen-bond donors (Lipinski definition) is 1. The fourth-order valence-corrected chi connectivity index (χ4v) is 7.68. The highest BCUT2D eigenvalue weighted by Gasteiger charge is 2.61. The van der Waals surface area contributed by atoms with E-state index in [-0.39, 0.29) is 51.1 Å². The first-order chi connectivity index (χ1) is 17.5. The van der Waals surface area contributed by atoms with Crippen molar-refractivity contribution in [3.05, 3.63) is 23.3 Å². The second-order valence-electron chi connectivity index (χ2n) is 14.3. The van der Waals surface area contributed by atoms with Crippen molar-refractivity contribution in [1.29, 1.82) is 5.26 Å². The monoisotopic (exact) mass is 522 g/mol. The van der Waals surface area contributed by atoms with Gasteiger partial charge in [-0.05, 0) is 73.7 Å². The molecule has 3 aliphatic carbocycles. The van der Waals surface area contributed by atoms with E-state index in [2.05, 4.69) is 59.9 Å². The molecule has 1 saturated carbocycles. The van der Waals surface area contributed by atoms with Crippen LogP contribution in [-0.2, 0) is 14.4 Å². The number of nitrogens with zero attached hydrogens (tertiary/aromatic N) is 1. The van der Waals surface area contributed by atoms with E-state index in [9.17, 15) is 19.6 Å². The van der Waals surface area contributed by atoms with E-state index in [0.717, 1.165) is 50.5 Å². The molecule has 1 amide bonds. The third-order valence-corrected chi connectivity index (χ3v) is 11.4. The largest absolute Gasteiger partial charge is 0.356 e. The van der Waals surface area contributed by atoms with Gasteiger partial charge < -0.3 is 5.32 Å². The molecular formula is C33H50N2O3. The maximum atomic E-state index is 13.4. The van der Waals surface area contributed by atoms with Crippen LogP contribution in [-0.4, -0.2) is 24.0 Å². The Morgan fingerprint density at radius 3 is 2.37 bits per heavy atom. The first-order valence-electron chi connectivity index (χ1n) is 14.7. The summed E-state index contributed by atoms with van der Waals surface area (Å²) in [4.78, 5) is 39.6. The third kappa shape index (κ3) is 5.05. The lowest BCUT2D eigenvalue weighted by Crippen LogP contribution is -2.55. The van der Waals surface area contributed by atoms with Crippen molar-refractivity contribution in [2.24, 2.45) is 38.9 Å². The zero-order valence-electron chi connectivity index (χ0n) is 25.3. The number of allylic oxidation sites excluding steroid dienone is 4. The normalized spacial score (nSPS) is 34.7. The van der Waals surface area contributed by atoms with Gasteiger partial charge in [0.2, 0.25) is 5.91 Å². The van der Waals surface area contributed by atoms with Crippen molar-refractivity contribution in [1.82, 2.24) is 5.32 Å². The van der Waals surface area contributed by atoms with Crippen LogP contribution in [0.4, 0.5) is 0 Å². The Kier molecular flexibility index (Phi) is 8.30. The summed E-state index contributed by atoms with van der Waals surface area (Å²) in [7, 11) is 0. The Morgan fingerprint density at radius 2 is 1.79 bits per heavy atom. The number of nitriles is 1. The number of hydrogen-bond acceptors (Lipinski definition) is 4. The summed E-state index contributed by atoms with van der Waals surface area (Å²) < 4.78 is 0. The van der Waals surface area contributed by atoms with Crippen LogP contribution in [0.25, 0.3) is 0 Å². The molecular weight excluding hydrogens is 472 g/mol. The summed E-state index contributed by atoms with van der Waals surface area (Å²) in [6, 6.07) is 2.14. The van der Waals surface area contributed by atoms with Crippen LogP contribution in [0.15, 0.2) is 23.3 Å². The molecule has 0 aromatic carbocycles. The molecule has 0 spiro atoms. The first-order valence-corrected chi connectivity index (χ1v) is 14.7. The van der Waals surface area contributed by atoms with Gasteiger partial charge >= 0.3 is 0 Å². The fraction of sp³-hybridized carbons (Fsp3) is 0.758. The van der Waals surface area contributed by atoms with Crippen molar-refractivity contribution in [2.75, 3.05) is 6.54 Å².